The number of anilines is 2. The van der Waals surface area contributed by atoms with Gasteiger partial charge in [0.1, 0.15) is 5.82 Å². The molecule has 0 aliphatic heterocycles. The first kappa shape index (κ1) is 12.3. The minimum atomic E-state index is 0.223. The molecule has 3 heterocycles. The molecule has 0 radical (unpaired) electrons. The predicted octanol–water partition coefficient (Wildman–Crippen LogP) is 1.27. The van der Waals surface area contributed by atoms with Gasteiger partial charge in [0.25, 0.3) is 0 Å². The summed E-state index contributed by atoms with van der Waals surface area (Å²) in [7, 11) is 1.94. The molecule has 0 amide bonds. The molecule has 3 rings (SSSR count). The standard InChI is InChI=1S/C13H15N7/c1-8-4-3-5-9(16-8)7-20(2)12-10-6-15-19-11(10)17-13(14)18-12/h3-6H,7H2,1-2H3,(H3,14,15,17,18,19). The first-order valence-electron chi connectivity index (χ1n) is 6.24. The molecule has 0 aliphatic rings. The van der Waals surface area contributed by atoms with Crippen molar-refractivity contribution in [1.82, 2.24) is 25.1 Å². The fraction of sp³-hybridized carbons (Fsp3) is 0.231. The third kappa shape index (κ3) is 2.25. The van der Waals surface area contributed by atoms with Crippen LogP contribution in [0.3, 0.4) is 0 Å². The normalized spacial score (nSPS) is 10.9. The van der Waals surface area contributed by atoms with Crippen molar-refractivity contribution in [2.45, 2.75) is 13.5 Å². The van der Waals surface area contributed by atoms with Crippen molar-refractivity contribution in [2.24, 2.45) is 0 Å². The molecule has 0 aromatic carbocycles. The number of aryl methyl sites for hydroxylation is 1. The SMILES string of the molecule is Cc1cccc(CN(C)c2nc(N)nc3[nH]ncc23)n1. The molecular formula is C13H15N7. The zero-order valence-corrected chi connectivity index (χ0v) is 11.3. The Kier molecular flexibility index (Phi) is 2.94. The van der Waals surface area contributed by atoms with Crippen LogP contribution in [0.1, 0.15) is 11.4 Å². The summed E-state index contributed by atoms with van der Waals surface area (Å²) in [5.41, 5.74) is 8.33. The van der Waals surface area contributed by atoms with E-state index in [4.69, 9.17) is 5.73 Å². The lowest BCUT2D eigenvalue weighted by Crippen LogP contribution is -2.19. The number of aromatic amines is 1. The van der Waals surface area contributed by atoms with Crippen molar-refractivity contribution in [3.63, 3.8) is 0 Å². The Hall–Kier alpha value is -2.70. The van der Waals surface area contributed by atoms with Crippen LogP contribution < -0.4 is 10.6 Å². The van der Waals surface area contributed by atoms with Crippen LogP contribution in [0.15, 0.2) is 24.4 Å². The summed E-state index contributed by atoms with van der Waals surface area (Å²) in [6.07, 6.45) is 1.70. The van der Waals surface area contributed by atoms with Gasteiger partial charge in [0.15, 0.2) is 5.65 Å². The smallest absolute Gasteiger partial charge is 0.224 e. The topological polar surface area (TPSA) is 96.6 Å². The second-order valence-corrected chi connectivity index (χ2v) is 4.66. The zero-order valence-electron chi connectivity index (χ0n) is 11.3. The van der Waals surface area contributed by atoms with Crippen molar-refractivity contribution >= 4 is 22.8 Å². The maximum absolute atomic E-state index is 5.73. The molecule has 0 bridgehead atoms. The average Bonchev–Trinajstić information content (AvgIpc) is 2.85. The number of rotatable bonds is 3. The van der Waals surface area contributed by atoms with Crippen LogP contribution >= 0.6 is 0 Å². The lowest BCUT2D eigenvalue weighted by molar-refractivity contribution is 0.863. The van der Waals surface area contributed by atoms with E-state index in [2.05, 4.69) is 25.1 Å². The van der Waals surface area contributed by atoms with Crippen molar-refractivity contribution in [3.05, 3.63) is 35.8 Å². The van der Waals surface area contributed by atoms with Gasteiger partial charge in [0.2, 0.25) is 5.95 Å². The maximum Gasteiger partial charge on any atom is 0.224 e. The average molecular weight is 269 g/mol. The quantitative estimate of drug-likeness (QED) is 0.743. The van der Waals surface area contributed by atoms with E-state index < -0.39 is 0 Å². The van der Waals surface area contributed by atoms with Gasteiger partial charge in [0.05, 0.1) is 23.8 Å². The summed E-state index contributed by atoms with van der Waals surface area (Å²) in [4.78, 5) is 14.9. The third-order valence-corrected chi connectivity index (χ3v) is 3.01. The van der Waals surface area contributed by atoms with Crippen molar-refractivity contribution in [3.8, 4) is 0 Å². The molecule has 0 aliphatic carbocycles. The minimum Gasteiger partial charge on any atom is -0.368 e. The number of hydrogen-bond acceptors (Lipinski definition) is 6. The second kappa shape index (κ2) is 4.76. The monoisotopic (exact) mass is 269 g/mol. The molecule has 20 heavy (non-hydrogen) atoms. The fourth-order valence-corrected chi connectivity index (χ4v) is 2.13. The molecule has 0 unspecified atom stereocenters. The number of hydrogen-bond donors (Lipinski definition) is 2. The van der Waals surface area contributed by atoms with Crippen LogP contribution in [0.25, 0.3) is 11.0 Å². The van der Waals surface area contributed by atoms with E-state index in [9.17, 15) is 0 Å². The Balaban J connectivity index is 1.96. The third-order valence-electron chi connectivity index (χ3n) is 3.01. The molecule has 102 valence electrons. The Bertz CT molecular complexity index is 749. The van der Waals surface area contributed by atoms with Gasteiger partial charge in [-0.2, -0.15) is 15.1 Å². The van der Waals surface area contributed by atoms with E-state index in [1.165, 1.54) is 0 Å². The Morgan fingerprint density at radius 3 is 2.90 bits per heavy atom. The Morgan fingerprint density at radius 2 is 2.10 bits per heavy atom. The van der Waals surface area contributed by atoms with Crippen LogP contribution in [0, 0.1) is 6.92 Å². The van der Waals surface area contributed by atoms with Crippen molar-refractivity contribution in [2.75, 3.05) is 17.7 Å². The molecular weight excluding hydrogens is 254 g/mol. The largest absolute Gasteiger partial charge is 0.368 e. The molecule has 3 aromatic heterocycles. The number of nitrogens with two attached hydrogens (primary N) is 1. The van der Waals surface area contributed by atoms with Crippen LogP contribution in [0.2, 0.25) is 0 Å². The lowest BCUT2D eigenvalue weighted by atomic mass is 10.3. The highest BCUT2D eigenvalue weighted by molar-refractivity contribution is 5.87. The van der Waals surface area contributed by atoms with Crippen LogP contribution in [-0.4, -0.2) is 32.2 Å². The van der Waals surface area contributed by atoms with E-state index in [0.717, 1.165) is 22.6 Å². The highest BCUT2D eigenvalue weighted by atomic mass is 15.2. The number of pyridine rings is 1. The number of aromatic nitrogens is 5. The van der Waals surface area contributed by atoms with Gasteiger partial charge in [-0.3, -0.25) is 10.1 Å². The molecule has 0 atom stereocenters. The van der Waals surface area contributed by atoms with Gasteiger partial charge in [0, 0.05) is 12.7 Å². The van der Waals surface area contributed by atoms with Gasteiger partial charge >= 0.3 is 0 Å². The summed E-state index contributed by atoms with van der Waals surface area (Å²) in [5.74, 6) is 0.963. The van der Waals surface area contributed by atoms with Crippen molar-refractivity contribution in [1.29, 1.82) is 0 Å². The number of nitrogens with one attached hydrogen (secondary N) is 1. The number of nitrogen functional groups attached to an aromatic ring is 1. The molecule has 0 saturated carbocycles. The highest BCUT2D eigenvalue weighted by Gasteiger charge is 2.12. The first-order valence-corrected chi connectivity index (χ1v) is 6.24. The summed E-state index contributed by atoms with van der Waals surface area (Å²) >= 11 is 0. The first-order chi connectivity index (χ1) is 9.63. The minimum absolute atomic E-state index is 0.223. The molecule has 7 heteroatoms. The van der Waals surface area contributed by atoms with E-state index in [-0.39, 0.29) is 5.95 Å². The molecule has 3 aromatic rings. The van der Waals surface area contributed by atoms with E-state index in [1.807, 2.05) is 37.1 Å². The van der Waals surface area contributed by atoms with E-state index in [1.54, 1.807) is 6.20 Å². The van der Waals surface area contributed by atoms with E-state index >= 15 is 0 Å². The van der Waals surface area contributed by atoms with Gasteiger partial charge in [-0.15, -0.1) is 0 Å². The molecule has 0 fully saturated rings. The number of nitrogens with zero attached hydrogens (tertiary/aromatic N) is 5. The van der Waals surface area contributed by atoms with Gasteiger partial charge in [-0.25, -0.2) is 0 Å². The van der Waals surface area contributed by atoms with Gasteiger partial charge in [-0.1, -0.05) is 6.07 Å². The molecule has 7 nitrogen and oxygen atoms in total. The fourth-order valence-electron chi connectivity index (χ4n) is 2.13. The lowest BCUT2D eigenvalue weighted by Gasteiger charge is -2.18. The van der Waals surface area contributed by atoms with Gasteiger partial charge < -0.3 is 10.6 Å². The van der Waals surface area contributed by atoms with Crippen molar-refractivity contribution < 1.29 is 0 Å². The molecule has 0 saturated heterocycles. The van der Waals surface area contributed by atoms with Crippen LogP contribution in [-0.2, 0) is 6.54 Å². The summed E-state index contributed by atoms with van der Waals surface area (Å²) in [5, 5.41) is 7.63. The number of H-pyrrole nitrogens is 1. The van der Waals surface area contributed by atoms with Gasteiger partial charge in [-0.05, 0) is 19.1 Å². The number of fused-ring (bicyclic) bond motifs is 1. The van der Waals surface area contributed by atoms with Crippen LogP contribution in [0.4, 0.5) is 11.8 Å². The summed E-state index contributed by atoms with van der Waals surface area (Å²) < 4.78 is 0. The summed E-state index contributed by atoms with van der Waals surface area (Å²) in [6.45, 7) is 2.61. The second-order valence-electron chi connectivity index (χ2n) is 4.66. The maximum atomic E-state index is 5.73. The summed E-state index contributed by atoms with van der Waals surface area (Å²) in [6, 6.07) is 5.95. The molecule has 3 N–H and O–H groups in total. The van der Waals surface area contributed by atoms with E-state index in [0.29, 0.717) is 12.2 Å². The Labute approximate surface area is 115 Å². The van der Waals surface area contributed by atoms with Crippen LogP contribution in [0.5, 0.6) is 0 Å². The predicted molar refractivity (Wildman–Crippen MR) is 77.2 cm³/mol. The zero-order chi connectivity index (χ0) is 14.1. The highest BCUT2D eigenvalue weighted by Crippen LogP contribution is 2.23. The molecule has 0 spiro atoms. The Morgan fingerprint density at radius 1 is 1.25 bits per heavy atom.